The van der Waals surface area contributed by atoms with Crippen molar-refractivity contribution in [2.45, 2.75) is 50.6 Å². The molecule has 116 valence electrons. The lowest BCUT2D eigenvalue weighted by atomic mass is 9.93. The van der Waals surface area contributed by atoms with Crippen molar-refractivity contribution in [2.75, 3.05) is 13.2 Å². The van der Waals surface area contributed by atoms with Gasteiger partial charge in [-0.25, -0.2) is 0 Å². The van der Waals surface area contributed by atoms with Crippen LogP contribution in [0.1, 0.15) is 37.7 Å². The molecule has 1 fully saturated rings. The Morgan fingerprint density at radius 2 is 1.90 bits per heavy atom. The molecule has 0 heterocycles. The highest BCUT2D eigenvalue weighted by Crippen LogP contribution is 2.23. The monoisotopic (exact) mass is 290 g/mol. The predicted molar refractivity (Wildman–Crippen MR) is 83.8 cm³/mol. The van der Waals surface area contributed by atoms with Crippen molar-refractivity contribution >= 4 is 5.91 Å². The van der Waals surface area contributed by atoms with Gasteiger partial charge in [0.2, 0.25) is 5.91 Å². The second kappa shape index (κ2) is 8.15. The number of rotatable bonds is 6. The molecule has 0 bridgehead atoms. The van der Waals surface area contributed by atoms with E-state index in [1.165, 1.54) is 6.42 Å². The van der Waals surface area contributed by atoms with Crippen LogP contribution in [0.5, 0.6) is 0 Å². The van der Waals surface area contributed by atoms with Gasteiger partial charge < -0.3 is 15.7 Å². The van der Waals surface area contributed by atoms with E-state index in [9.17, 15) is 9.90 Å². The highest BCUT2D eigenvalue weighted by Gasteiger charge is 2.28. The van der Waals surface area contributed by atoms with E-state index in [0.717, 1.165) is 31.2 Å². The largest absolute Gasteiger partial charge is 0.395 e. The van der Waals surface area contributed by atoms with E-state index in [1.807, 2.05) is 35.2 Å². The standard InChI is InChI=1S/C17H26N2O2/c18-16(13-14-7-3-1-4-8-14)17(21)19(11-12-20)15-9-5-2-6-10-15/h1,3-4,7-8,15-16,20H,2,5-6,9-13,18H2/t16-/m1/s1. The molecule has 0 aromatic heterocycles. The summed E-state index contributed by atoms with van der Waals surface area (Å²) in [6.07, 6.45) is 6.18. The van der Waals surface area contributed by atoms with Crippen molar-refractivity contribution in [3.05, 3.63) is 35.9 Å². The van der Waals surface area contributed by atoms with Crippen molar-refractivity contribution in [3.8, 4) is 0 Å². The van der Waals surface area contributed by atoms with E-state index >= 15 is 0 Å². The molecule has 0 aliphatic heterocycles. The van der Waals surface area contributed by atoms with Crippen molar-refractivity contribution in [1.82, 2.24) is 4.90 Å². The van der Waals surface area contributed by atoms with Crippen LogP contribution in [0.15, 0.2) is 30.3 Å². The Labute approximate surface area is 126 Å². The summed E-state index contributed by atoms with van der Waals surface area (Å²) in [5.74, 6) is -0.0280. The van der Waals surface area contributed by atoms with Crippen LogP contribution >= 0.6 is 0 Å². The van der Waals surface area contributed by atoms with E-state index in [0.29, 0.717) is 13.0 Å². The lowest BCUT2D eigenvalue weighted by molar-refractivity contribution is -0.136. The van der Waals surface area contributed by atoms with Crippen LogP contribution in [0, 0.1) is 0 Å². The minimum Gasteiger partial charge on any atom is -0.395 e. The van der Waals surface area contributed by atoms with Gasteiger partial charge in [-0.2, -0.15) is 0 Å². The molecule has 1 amide bonds. The van der Waals surface area contributed by atoms with Crippen molar-refractivity contribution in [2.24, 2.45) is 5.73 Å². The first-order valence-electron chi connectivity index (χ1n) is 7.93. The second-order valence-electron chi connectivity index (χ2n) is 5.84. The van der Waals surface area contributed by atoms with Gasteiger partial charge in [0.15, 0.2) is 0 Å². The van der Waals surface area contributed by atoms with Gasteiger partial charge in [-0.05, 0) is 24.8 Å². The van der Waals surface area contributed by atoms with Crippen LogP contribution in [0.3, 0.4) is 0 Å². The van der Waals surface area contributed by atoms with E-state index in [-0.39, 0.29) is 18.6 Å². The normalized spacial score (nSPS) is 17.4. The number of nitrogens with two attached hydrogens (primary N) is 1. The summed E-state index contributed by atoms with van der Waals surface area (Å²) in [6, 6.07) is 9.57. The molecule has 1 aromatic rings. The van der Waals surface area contributed by atoms with Crippen LogP contribution < -0.4 is 5.73 Å². The SMILES string of the molecule is N[C@H](Cc1ccccc1)C(=O)N(CCO)C1CCCCC1. The molecule has 1 saturated carbocycles. The summed E-state index contributed by atoms with van der Waals surface area (Å²) in [6.45, 7) is 0.395. The molecule has 2 rings (SSSR count). The number of carbonyl (C=O) groups excluding carboxylic acids is 1. The molecule has 1 aliphatic rings. The molecular formula is C17H26N2O2. The molecule has 0 saturated heterocycles. The maximum absolute atomic E-state index is 12.6. The van der Waals surface area contributed by atoms with E-state index in [2.05, 4.69) is 0 Å². The maximum Gasteiger partial charge on any atom is 0.240 e. The van der Waals surface area contributed by atoms with Crippen molar-refractivity contribution in [1.29, 1.82) is 0 Å². The Morgan fingerprint density at radius 1 is 1.24 bits per heavy atom. The fourth-order valence-corrected chi connectivity index (χ4v) is 3.14. The topological polar surface area (TPSA) is 66.6 Å². The molecule has 3 N–H and O–H groups in total. The number of carbonyl (C=O) groups is 1. The van der Waals surface area contributed by atoms with Crippen LogP contribution in [-0.4, -0.2) is 41.1 Å². The lowest BCUT2D eigenvalue weighted by Gasteiger charge is -2.35. The van der Waals surface area contributed by atoms with Crippen LogP contribution in [0.4, 0.5) is 0 Å². The summed E-state index contributed by atoms with van der Waals surface area (Å²) in [5.41, 5.74) is 7.19. The zero-order valence-electron chi connectivity index (χ0n) is 12.6. The van der Waals surface area contributed by atoms with Crippen LogP contribution in [0.2, 0.25) is 0 Å². The Kier molecular flexibility index (Phi) is 6.21. The van der Waals surface area contributed by atoms with Crippen molar-refractivity contribution in [3.63, 3.8) is 0 Å². The Bertz CT molecular complexity index is 430. The van der Waals surface area contributed by atoms with Crippen LogP contribution in [0.25, 0.3) is 0 Å². The fourth-order valence-electron chi connectivity index (χ4n) is 3.14. The average Bonchev–Trinajstić information content (AvgIpc) is 2.53. The van der Waals surface area contributed by atoms with Gasteiger partial charge >= 0.3 is 0 Å². The lowest BCUT2D eigenvalue weighted by Crippen LogP contribution is -2.51. The number of aliphatic hydroxyl groups excluding tert-OH is 1. The number of nitrogens with zero attached hydrogens (tertiary/aromatic N) is 1. The van der Waals surface area contributed by atoms with Gasteiger partial charge in [-0.3, -0.25) is 4.79 Å². The summed E-state index contributed by atoms with van der Waals surface area (Å²) < 4.78 is 0. The first-order valence-corrected chi connectivity index (χ1v) is 7.93. The number of hydrogen-bond acceptors (Lipinski definition) is 3. The Morgan fingerprint density at radius 3 is 2.52 bits per heavy atom. The van der Waals surface area contributed by atoms with Crippen molar-refractivity contribution < 1.29 is 9.90 Å². The second-order valence-corrected chi connectivity index (χ2v) is 5.84. The molecule has 0 spiro atoms. The Balaban J connectivity index is 1.99. The minimum atomic E-state index is -0.527. The van der Waals surface area contributed by atoms with Gasteiger partial charge in [0.1, 0.15) is 0 Å². The van der Waals surface area contributed by atoms with E-state index in [1.54, 1.807) is 0 Å². The quantitative estimate of drug-likeness (QED) is 0.838. The summed E-state index contributed by atoms with van der Waals surface area (Å²) in [7, 11) is 0. The third-order valence-corrected chi connectivity index (χ3v) is 4.26. The molecule has 1 aliphatic carbocycles. The zero-order chi connectivity index (χ0) is 15.1. The minimum absolute atomic E-state index is 0.000295. The first-order chi connectivity index (χ1) is 10.2. The smallest absolute Gasteiger partial charge is 0.240 e. The van der Waals surface area contributed by atoms with Gasteiger partial charge in [0, 0.05) is 12.6 Å². The average molecular weight is 290 g/mol. The third kappa shape index (κ3) is 4.55. The highest BCUT2D eigenvalue weighted by atomic mass is 16.3. The molecule has 4 heteroatoms. The number of amides is 1. The molecular weight excluding hydrogens is 264 g/mol. The number of aliphatic hydroxyl groups is 1. The fraction of sp³-hybridized carbons (Fsp3) is 0.588. The van der Waals surface area contributed by atoms with Gasteiger partial charge in [-0.1, -0.05) is 49.6 Å². The van der Waals surface area contributed by atoms with Gasteiger partial charge in [-0.15, -0.1) is 0 Å². The van der Waals surface area contributed by atoms with E-state index in [4.69, 9.17) is 5.73 Å². The summed E-state index contributed by atoms with van der Waals surface area (Å²) >= 11 is 0. The molecule has 1 atom stereocenters. The maximum atomic E-state index is 12.6. The highest BCUT2D eigenvalue weighted by molar-refractivity contribution is 5.82. The van der Waals surface area contributed by atoms with Crippen LogP contribution in [-0.2, 0) is 11.2 Å². The molecule has 21 heavy (non-hydrogen) atoms. The molecule has 1 aromatic carbocycles. The molecule has 0 radical (unpaired) electrons. The molecule has 4 nitrogen and oxygen atoms in total. The van der Waals surface area contributed by atoms with Gasteiger partial charge in [0.05, 0.1) is 12.6 Å². The van der Waals surface area contributed by atoms with Gasteiger partial charge in [0.25, 0.3) is 0 Å². The third-order valence-electron chi connectivity index (χ3n) is 4.26. The summed E-state index contributed by atoms with van der Waals surface area (Å²) in [4.78, 5) is 14.4. The Hall–Kier alpha value is -1.39. The van der Waals surface area contributed by atoms with E-state index < -0.39 is 6.04 Å². The first kappa shape index (κ1) is 16.0. The number of hydrogen-bond donors (Lipinski definition) is 2. The zero-order valence-corrected chi connectivity index (χ0v) is 12.6. The number of benzene rings is 1. The summed E-state index contributed by atoms with van der Waals surface area (Å²) in [5, 5.41) is 9.25. The molecule has 0 unspecified atom stereocenters. The predicted octanol–water partition coefficient (Wildman–Crippen LogP) is 1.71.